The van der Waals surface area contributed by atoms with Crippen molar-refractivity contribution in [3.63, 3.8) is 0 Å². The summed E-state index contributed by atoms with van der Waals surface area (Å²) in [6.07, 6.45) is 2.43. The lowest BCUT2D eigenvalue weighted by Gasteiger charge is -2.10. The van der Waals surface area contributed by atoms with Crippen LogP contribution in [0.2, 0.25) is 0 Å². The lowest BCUT2D eigenvalue weighted by molar-refractivity contribution is -0.115. The maximum absolute atomic E-state index is 12.4. The molecule has 1 aliphatic rings. The Kier molecular flexibility index (Phi) is 4.25. The first-order valence-electron chi connectivity index (χ1n) is 9.24. The molecule has 0 aromatic heterocycles. The molecule has 0 aliphatic heterocycles. The zero-order valence-corrected chi connectivity index (χ0v) is 15.0. The van der Waals surface area contributed by atoms with Gasteiger partial charge in [0.25, 0.3) is 0 Å². The average molecular weight is 344 g/mol. The molecule has 1 amide bonds. The largest absolute Gasteiger partial charge is 0.326 e. The first-order valence-corrected chi connectivity index (χ1v) is 9.24. The van der Waals surface area contributed by atoms with E-state index in [9.17, 15) is 4.79 Å². The monoisotopic (exact) mass is 344 g/mol. The maximum Gasteiger partial charge on any atom is 0.228 e. The van der Waals surface area contributed by atoms with Crippen molar-refractivity contribution in [3.05, 3.63) is 77.9 Å². The minimum atomic E-state index is -0.0269. The number of nitrogens with one attached hydrogen (secondary N) is 1. The Balaban J connectivity index is 1.40. The third-order valence-corrected chi connectivity index (χ3v) is 5.55. The molecule has 0 spiro atoms. The molecule has 0 bridgehead atoms. The number of fused-ring (bicyclic) bond motifs is 1. The van der Waals surface area contributed by atoms with Crippen molar-refractivity contribution >= 4 is 22.4 Å². The summed E-state index contributed by atoms with van der Waals surface area (Å²) in [7, 11) is 0. The van der Waals surface area contributed by atoms with Crippen molar-refractivity contribution in [1.82, 2.24) is 0 Å². The number of rotatable bonds is 5. The predicted molar refractivity (Wildman–Crippen MR) is 107 cm³/mol. The Morgan fingerprint density at radius 1 is 1.08 bits per heavy atom. The molecular weight excluding hydrogens is 320 g/mol. The van der Waals surface area contributed by atoms with Crippen LogP contribution in [-0.2, 0) is 11.2 Å². The molecule has 3 aromatic carbocycles. The standard InChI is InChI=1S/C23H24N2O/c1-2-23(24)15-21(23)18-9-11-20(12-10-18)25-22(26)14-16-7-8-17-5-3-4-6-19(17)13-16/h3-13,21H,2,14-15,24H2,1H3,(H,25,26). The van der Waals surface area contributed by atoms with E-state index in [2.05, 4.69) is 48.6 Å². The highest BCUT2D eigenvalue weighted by Crippen LogP contribution is 2.51. The van der Waals surface area contributed by atoms with Gasteiger partial charge < -0.3 is 11.1 Å². The smallest absolute Gasteiger partial charge is 0.228 e. The highest BCUT2D eigenvalue weighted by Gasteiger charge is 2.49. The summed E-state index contributed by atoms with van der Waals surface area (Å²) in [4.78, 5) is 12.4. The SMILES string of the molecule is CCC1(N)CC1c1ccc(NC(=O)Cc2ccc3ccccc3c2)cc1. The summed E-state index contributed by atoms with van der Waals surface area (Å²) in [5.41, 5.74) is 9.39. The Labute approximate surface area is 154 Å². The van der Waals surface area contributed by atoms with Crippen molar-refractivity contribution in [2.75, 3.05) is 5.32 Å². The molecule has 0 heterocycles. The minimum Gasteiger partial charge on any atom is -0.326 e. The highest BCUT2D eigenvalue weighted by molar-refractivity contribution is 5.93. The number of carbonyl (C=O) groups excluding carboxylic acids is 1. The second-order valence-corrected chi connectivity index (χ2v) is 7.37. The van der Waals surface area contributed by atoms with Crippen molar-refractivity contribution in [2.24, 2.45) is 5.73 Å². The van der Waals surface area contributed by atoms with Gasteiger partial charge in [0.15, 0.2) is 0 Å². The Morgan fingerprint density at radius 2 is 1.81 bits per heavy atom. The van der Waals surface area contributed by atoms with Crippen LogP contribution >= 0.6 is 0 Å². The highest BCUT2D eigenvalue weighted by atomic mass is 16.1. The molecule has 3 aromatic rings. The number of carbonyl (C=O) groups is 1. The van der Waals surface area contributed by atoms with E-state index in [4.69, 9.17) is 5.73 Å². The second kappa shape index (κ2) is 6.58. The summed E-state index contributed by atoms with van der Waals surface area (Å²) < 4.78 is 0. The summed E-state index contributed by atoms with van der Waals surface area (Å²) in [6, 6.07) is 22.5. The molecule has 3 heteroatoms. The first-order chi connectivity index (χ1) is 12.6. The molecule has 1 fully saturated rings. The van der Waals surface area contributed by atoms with Gasteiger partial charge in [-0.25, -0.2) is 0 Å². The number of benzene rings is 3. The van der Waals surface area contributed by atoms with Gasteiger partial charge in [0.1, 0.15) is 0 Å². The van der Waals surface area contributed by atoms with Gasteiger partial charge in [-0.1, -0.05) is 61.5 Å². The van der Waals surface area contributed by atoms with Gasteiger partial charge in [-0.15, -0.1) is 0 Å². The number of amides is 1. The number of hydrogen-bond acceptors (Lipinski definition) is 2. The van der Waals surface area contributed by atoms with Gasteiger partial charge in [-0.2, -0.15) is 0 Å². The van der Waals surface area contributed by atoms with Crippen LogP contribution in [0.4, 0.5) is 5.69 Å². The van der Waals surface area contributed by atoms with E-state index in [1.165, 1.54) is 10.9 Å². The molecule has 3 nitrogen and oxygen atoms in total. The van der Waals surface area contributed by atoms with Gasteiger partial charge in [-0.05, 0) is 46.9 Å². The van der Waals surface area contributed by atoms with Gasteiger partial charge in [0.2, 0.25) is 5.91 Å². The molecule has 26 heavy (non-hydrogen) atoms. The van der Waals surface area contributed by atoms with Gasteiger partial charge in [0, 0.05) is 17.1 Å². The van der Waals surface area contributed by atoms with E-state index < -0.39 is 0 Å². The summed E-state index contributed by atoms with van der Waals surface area (Å²) in [6.45, 7) is 2.14. The fraction of sp³-hybridized carbons (Fsp3) is 0.261. The lowest BCUT2D eigenvalue weighted by Crippen LogP contribution is -2.22. The van der Waals surface area contributed by atoms with Gasteiger partial charge >= 0.3 is 0 Å². The van der Waals surface area contributed by atoms with Crippen molar-refractivity contribution in [2.45, 2.75) is 37.6 Å². The number of anilines is 1. The molecule has 0 radical (unpaired) electrons. The van der Waals surface area contributed by atoms with E-state index in [-0.39, 0.29) is 11.4 Å². The summed E-state index contributed by atoms with van der Waals surface area (Å²) >= 11 is 0. The summed E-state index contributed by atoms with van der Waals surface area (Å²) in [5.74, 6) is 0.455. The van der Waals surface area contributed by atoms with E-state index >= 15 is 0 Å². The normalized spacial score (nSPS) is 21.5. The average Bonchev–Trinajstić information content (AvgIpc) is 3.34. The fourth-order valence-electron chi connectivity index (χ4n) is 3.70. The lowest BCUT2D eigenvalue weighted by atomic mass is 10.0. The molecule has 0 saturated heterocycles. The van der Waals surface area contributed by atoms with Crippen LogP contribution in [0.1, 0.15) is 36.8 Å². The maximum atomic E-state index is 12.4. The van der Waals surface area contributed by atoms with Crippen LogP contribution in [0.3, 0.4) is 0 Å². The number of hydrogen-bond donors (Lipinski definition) is 2. The van der Waals surface area contributed by atoms with E-state index in [1.54, 1.807) is 0 Å². The Hall–Kier alpha value is -2.65. The second-order valence-electron chi connectivity index (χ2n) is 7.37. The zero-order chi connectivity index (χ0) is 18.1. The van der Waals surface area contributed by atoms with E-state index in [1.807, 2.05) is 30.3 Å². The van der Waals surface area contributed by atoms with Crippen LogP contribution in [0.5, 0.6) is 0 Å². The molecule has 4 rings (SSSR count). The summed E-state index contributed by atoms with van der Waals surface area (Å²) in [5, 5.41) is 5.34. The molecule has 3 N–H and O–H groups in total. The van der Waals surface area contributed by atoms with Crippen LogP contribution in [0.25, 0.3) is 10.8 Å². The minimum absolute atomic E-state index is 0.00110. The molecule has 2 unspecified atom stereocenters. The van der Waals surface area contributed by atoms with Gasteiger partial charge in [0.05, 0.1) is 6.42 Å². The molecular formula is C23H24N2O. The molecule has 1 aliphatic carbocycles. The zero-order valence-electron chi connectivity index (χ0n) is 15.0. The van der Waals surface area contributed by atoms with E-state index in [0.717, 1.165) is 29.5 Å². The first kappa shape index (κ1) is 16.8. The molecule has 2 atom stereocenters. The van der Waals surface area contributed by atoms with E-state index in [0.29, 0.717) is 12.3 Å². The van der Waals surface area contributed by atoms with Crippen LogP contribution < -0.4 is 11.1 Å². The molecule has 132 valence electrons. The third kappa shape index (κ3) is 3.35. The number of nitrogens with two attached hydrogens (primary N) is 1. The molecule has 1 saturated carbocycles. The quantitative estimate of drug-likeness (QED) is 0.710. The predicted octanol–water partition coefficient (Wildman–Crippen LogP) is 4.62. The van der Waals surface area contributed by atoms with Crippen molar-refractivity contribution in [3.8, 4) is 0 Å². The van der Waals surface area contributed by atoms with Crippen LogP contribution in [-0.4, -0.2) is 11.4 Å². The third-order valence-electron chi connectivity index (χ3n) is 5.55. The van der Waals surface area contributed by atoms with Crippen LogP contribution in [0.15, 0.2) is 66.7 Å². The van der Waals surface area contributed by atoms with Crippen LogP contribution in [0, 0.1) is 0 Å². The van der Waals surface area contributed by atoms with Gasteiger partial charge in [-0.3, -0.25) is 4.79 Å². The Morgan fingerprint density at radius 3 is 2.50 bits per heavy atom. The Bertz CT molecular complexity index is 948. The van der Waals surface area contributed by atoms with Crippen molar-refractivity contribution in [1.29, 1.82) is 0 Å². The van der Waals surface area contributed by atoms with Crippen molar-refractivity contribution < 1.29 is 4.79 Å². The fourth-order valence-corrected chi connectivity index (χ4v) is 3.70. The topological polar surface area (TPSA) is 55.1 Å².